The molecule has 0 bridgehead atoms. The van der Waals surface area contributed by atoms with Crippen molar-refractivity contribution in [3.05, 3.63) is 34.4 Å². The van der Waals surface area contributed by atoms with Crippen LogP contribution in [0.25, 0.3) is 0 Å². The first-order chi connectivity index (χ1) is 11.7. The Kier molecular flexibility index (Phi) is 6.12. The van der Waals surface area contributed by atoms with Crippen LogP contribution in [0.15, 0.2) is 29.2 Å². The monoisotopic (exact) mass is 369 g/mol. The van der Waals surface area contributed by atoms with Crippen LogP contribution in [-0.4, -0.2) is 43.3 Å². The Balaban J connectivity index is 2.02. The fourth-order valence-corrected chi connectivity index (χ4v) is 4.32. The van der Waals surface area contributed by atoms with E-state index in [1.807, 2.05) is 13.8 Å². The zero-order valence-electron chi connectivity index (χ0n) is 14.3. The van der Waals surface area contributed by atoms with Gasteiger partial charge < -0.3 is 4.90 Å². The van der Waals surface area contributed by atoms with E-state index in [1.54, 1.807) is 4.90 Å². The van der Waals surface area contributed by atoms with Gasteiger partial charge in [0.25, 0.3) is 5.69 Å². The van der Waals surface area contributed by atoms with Gasteiger partial charge in [0.2, 0.25) is 15.9 Å². The lowest BCUT2D eigenvalue weighted by atomic mass is 10.0. The number of nitro benzene ring substituents is 1. The number of carbonyl (C=O) groups is 1. The number of para-hydroxylation sites is 1. The number of amides is 1. The summed E-state index contributed by atoms with van der Waals surface area (Å²) in [4.78, 5) is 23.8. The number of benzene rings is 1. The van der Waals surface area contributed by atoms with E-state index in [2.05, 4.69) is 4.72 Å². The number of piperidine rings is 1. The molecular weight excluding hydrogens is 346 g/mol. The van der Waals surface area contributed by atoms with E-state index in [4.69, 9.17) is 0 Å². The SMILES string of the molecule is CC(C)CC(=O)N1CCC(NS(=O)(=O)c2ccccc2[N+](=O)[O-])CC1. The first kappa shape index (κ1) is 19.3. The van der Waals surface area contributed by atoms with Gasteiger partial charge in [-0.05, 0) is 24.8 Å². The highest BCUT2D eigenvalue weighted by molar-refractivity contribution is 7.89. The van der Waals surface area contributed by atoms with Gasteiger partial charge in [0, 0.05) is 31.6 Å². The van der Waals surface area contributed by atoms with Crippen LogP contribution in [0.3, 0.4) is 0 Å². The minimum Gasteiger partial charge on any atom is -0.343 e. The van der Waals surface area contributed by atoms with Gasteiger partial charge >= 0.3 is 0 Å². The van der Waals surface area contributed by atoms with Gasteiger partial charge in [-0.3, -0.25) is 14.9 Å². The molecule has 1 N–H and O–H groups in total. The standard InChI is InChI=1S/C16H23N3O5S/c1-12(2)11-16(20)18-9-7-13(8-10-18)17-25(23,24)15-6-4-3-5-14(15)19(21)22/h3-6,12-13,17H,7-11H2,1-2H3. The predicted molar refractivity (Wildman–Crippen MR) is 92.5 cm³/mol. The molecule has 0 aromatic heterocycles. The van der Waals surface area contributed by atoms with Crippen LogP contribution >= 0.6 is 0 Å². The lowest BCUT2D eigenvalue weighted by Gasteiger charge is -2.32. The zero-order chi connectivity index (χ0) is 18.6. The van der Waals surface area contributed by atoms with Crippen LogP contribution in [0.2, 0.25) is 0 Å². The van der Waals surface area contributed by atoms with Crippen molar-refractivity contribution in [1.29, 1.82) is 0 Å². The van der Waals surface area contributed by atoms with Crippen molar-refractivity contribution in [3.63, 3.8) is 0 Å². The molecule has 0 unspecified atom stereocenters. The van der Waals surface area contributed by atoms with Gasteiger partial charge in [0.1, 0.15) is 0 Å². The third kappa shape index (κ3) is 4.99. The van der Waals surface area contributed by atoms with Gasteiger partial charge in [-0.2, -0.15) is 0 Å². The van der Waals surface area contributed by atoms with Crippen molar-refractivity contribution in [3.8, 4) is 0 Å². The van der Waals surface area contributed by atoms with Crippen molar-refractivity contribution in [2.75, 3.05) is 13.1 Å². The molecule has 1 fully saturated rings. The van der Waals surface area contributed by atoms with E-state index < -0.39 is 20.6 Å². The van der Waals surface area contributed by atoms with Crippen LogP contribution in [0.4, 0.5) is 5.69 Å². The number of nitrogens with zero attached hydrogens (tertiary/aromatic N) is 2. The molecule has 1 amide bonds. The number of rotatable bonds is 6. The summed E-state index contributed by atoms with van der Waals surface area (Å²) in [5, 5.41) is 11.0. The highest BCUT2D eigenvalue weighted by Gasteiger charge is 2.30. The Morgan fingerprint density at radius 3 is 2.48 bits per heavy atom. The number of nitro groups is 1. The Hall–Kier alpha value is -2.00. The molecule has 2 rings (SSSR count). The van der Waals surface area contributed by atoms with Crippen molar-refractivity contribution in [1.82, 2.24) is 9.62 Å². The fraction of sp³-hybridized carbons (Fsp3) is 0.562. The Bertz CT molecular complexity index is 740. The van der Waals surface area contributed by atoms with Crippen LogP contribution in [-0.2, 0) is 14.8 Å². The third-order valence-electron chi connectivity index (χ3n) is 4.10. The van der Waals surface area contributed by atoms with Crippen LogP contribution in [0.1, 0.15) is 33.1 Å². The average molecular weight is 369 g/mol. The molecule has 25 heavy (non-hydrogen) atoms. The van der Waals surface area contributed by atoms with Crippen molar-refractivity contribution in [2.24, 2.45) is 5.92 Å². The van der Waals surface area contributed by atoms with E-state index in [1.165, 1.54) is 24.3 Å². The lowest BCUT2D eigenvalue weighted by Crippen LogP contribution is -2.46. The zero-order valence-corrected chi connectivity index (χ0v) is 15.2. The second-order valence-corrected chi connectivity index (χ2v) is 8.28. The minimum absolute atomic E-state index is 0.0787. The van der Waals surface area contributed by atoms with E-state index in [0.717, 1.165) is 0 Å². The summed E-state index contributed by atoms with van der Waals surface area (Å²) < 4.78 is 27.5. The summed E-state index contributed by atoms with van der Waals surface area (Å²) in [6.45, 7) is 4.92. The normalized spacial score (nSPS) is 16.2. The largest absolute Gasteiger partial charge is 0.343 e. The van der Waals surface area contributed by atoms with Gasteiger partial charge in [0.05, 0.1) is 4.92 Å². The quantitative estimate of drug-likeness (QED) is 0.608. The summed E-state index contributed by atoms with van der Waals surface area (Å²) in [6.07, 6.45) is 1.46. The number of likely N-dealkylation sites (tertiary alicyclic amines) is 1. The van der Waals surface area contributed by atoms with Crippen LogP contribution in [0.5, 0.6) is 0 Å². The summed E-state index contributed by atoms with van der Waals surface area (Å²) in [6, 6.07) is 4.93. The lowest BCUT2D eigenvalue weighted by molar-refractivity contribution is -0.387. The smallest absolute Gasteiger partial charge is 0.289 e. The number of nitrogens with one attached hydrogen (secondary N) is 1. The van der Waals surface area contributed by atoms with Crippen molar-refractivity contribution in [2.45, 2.75) is 44.0 Å². The maximum atomic E-state index is 12.5. The summed E-state index contributed by atoms with van der Waals surface area (Å²) >= 11 is 0. The first-order valence-electron chi connectivity index (χ1n) is 8.24. The molecule has 1 aliphatic rings. The highest BCUT2D eigenvalue weighted by atomic mass is 32.2. The van der Waals surface area contributed by atoms with Gasteiger partial charge in [0.15, 0.2) is 4.90 Å². The molecular formula is C16H23N3O5S. The highest BCUT2D eigenvalue weighted by Crippen LogP contribution is 2.24. The molecule has 9 heteroatoms. The molecule has 1 heterocycles. The predicted octanol–water partition coefficient (Wildman–Crippen LogP) is 1.91. The third-order valence-corrected chi connectivity index (χ3v) is 5.67. The van der Waals surface area contributed by atoms with E-state index >= 15 is 0 Å². The first-order valence-corrected chi connectivity index (χ1v) is 9.72. The van der Waals surface area contributed by atoms with Crippen molar-refractivity contribution < 1.29 is 18.1 Å². The molecule has 0 spiro atoms. The van der Waals surface area contributed by atoms with E-state index in [9.17, 15) is 23.3 Å². The molecule has 0 aliphatic carbocycles. The average Bonchev–Trinajstić information content (AvgIpc) is 2.54. The molecule has 0 saturated carbocycles. The van der Waals surface area contributed by atoms with Gasteiger partial charge in [-0.1, -0.05) is 26.0 Å². The Morgan fingerprint density at radius 1 is 1.32 bits per heavy atom. The molecule has 1 aromatic carbocycles. The molecule has 0 radical (unpaired) electrons. The number of carbonyl (C=O) groups excluding carboxylic acids is 1. The van der Waals surface area contributed by atoms with Gasteiger partial charge in [-0.15, -0.1) is 0 Å². The Morgan fingerprint density at radius 2 is 1.92 bits per heavy atom. The summed E-state index contributed by atoms with van der Waals surface area (Å²) in [5.41, 5.74) is -0.445. The number of hydrogen-bond acceptors (Lipinski definition) is 5. The van der Waals surface area contributed by atoms with E-state index in [-0.39, 0.29) is 22.8 Å². The molecule has 1 saturated heterocycles. The molecule has 1 aliphatic heterocycles. The maximum Gasteiger partial charge on any atom is 0.289 e. The van der Waals surface area contributed by atoms with Crippen LogP contribution < -0.4 is 4.72 Å². The molecule has 0 atom stereocenters. The Labute approximate surface area is 147 Å². The summed E-state index contributed by atoms with van der Waals surface area (Å²) in [7, 11) is -3.99. The summed E-state index contributed by atoms with van der Waals surface area (Å²) in [5.74, 6) is 0.359. The number of sulfonamides is 1. The van der Waals surface area contributed by atoms with Crippen LogP contribution in [0, 0.1) is 16.0 Å². The molecule has 138 valence electrons. The second-order valence-electron chi connectivity index (χ2n) is 6.60. The topological polar surface area (TPSA) is 110 Å². The van der Waals surface area contributed by atoms with E-state index in [0.29, 0.717) is 32.4 Å². The molecule has 1 aromatic rings. The second kappa shape index (κ2) is 7.92. The minimum atomic E-state index is -3.99. The van der Waals surface area contributed by atoms with Gasteiger partial charge in [-0.25, -0.2) is 13.1 Å². The van der Waals surface area contributed by atoms with Crippen molar-refractivity contribution >= 4 is 21.6 Å². The maximum absolute atomic E-state index is 12.5. The number of hydrogen-bond donors (Lipinski definition) is 1. The fourth-order valence-electron chi connectivity index (χ4n) is 2.84. The molecule has 8 nitrogen and oxygen atoms in total.